The second-order valence-electron chi connectivity index (χ2n) is 6.42. The average Bonchev–Trinajstić information content (AvgIpc) is 2.34. The number of nitrogens with zero attached hydrogens (tertiary/aromatic N) is 1. The third kappa shape index (κ3) is 5.69. The molecule has 2 rings (SSSR count). The summed E-state index contributed by atoms with van der Waals surface area (Å²) >= 11 is 0. The Morgan fingerprint density at radius 3 is 2.25 bits per heavy atom. The second-order valence-corrected chi connectivity index (χ2v) is 6.42. The topological polar surface area (TPSA) is 38.8 Å². The Kier molecular flexibility index (Phi) is 4.97. The number of hydrogen-bond acceptors (Lipinski definition) is 3. The molecule has 0 N–H and O–H groups in total. The van der Waals surface area contributed by atoms with Gasteiger partial charge in [-0.2, -0.15) is 0 Å². The van der Waals surface area contributed by atoms with Crippen molar-refractivity contribution in [1.29, 1.82) is 0 Å². The normalized spacial score (nSPS) is 15.2. The van der Waals surface area contributed by atoms with Crippen LogP contribution in [0.3, 0.4) is 0 Å². The Hall–Kier alpha value is -2.36. The summed E-state index contributed by atoms with van der Waals surface area (Å²) in [6.07, 6.45) is -5.07. The van der Waals surface area contributed by atoms with Crippen molar-refractivity contribution in [3.8, 4) is 17.6 Å². The molecule has 1 aliphatic rings. The molecule has 1 saturated heterocycles. The number of hydrogen-bond donors (Lipinski definition) is 0. The van der Waals surface area contributed by atoms with Crippen LogP contribution in [0.4, 0.5) is 18.0 Å². The van der Waals surface area contributed by atoms with E-state index in [0.29, 0.717) is 18.7 Å². The minimum atomic E-state index is -4.70. The Morgan fingerprint density at radius 2 is 1.75 bits per heavy atom. The van der Waals surface area contributed by atoms with Crippen LogP contribution in [0, 0.1) is 17.8 Å². The van der Waals surface area contributed by atoms with Crippen molar-refractivity contribution in [1.82, 2.24) is 4.90 Å². The van der Waals surface area contributed by atoms with Crippen LogP contribution in [0.2, 0.25) is 0 Å². The minimum Gasteiger partial charge on any atom is -0.444 e. The number of carbonyl (C=O) groups is 1. The first kappa shape index (κ1) is 18.0. The van der Waals surface area contributed by atoms with Gasteiger partial charge in [-0.15, -0.1) is 13.2 Å². The van der Waals surface area contributed by atoms with Gasteiger partial charge in [0.25, 0.3) is 0 Å². The smallest absolute Gasteiger partial charge is 0.444 e. The molecule has 7 heteroatoms. The molecule has 1 aromatic rings. The Labute approximate surface area is 138 Å². The number of likely N-dealkylation sites (tertiary alicyclic amines) is 1. The number of carbonyl (C=O) groups excluding carboxylic acids is 1. The molecule has 1 aromatic carbocycles. The molecule has 0 aromatic heterocycles. The fraction of sp³-hybridized carbons (Fsp3) is 0.471. The lowest BCUT2D eigenvalue weighted by atomic mass is 10.0. The highest BCUT2D eigenvalue weighted by molar-refractivity contribution is 5.69. The quantitative estimate of drug-likeness (QED) is 0.729. The average molecular weight is 341 g/mol. The molecule has 0 spiro atoms. The van der Waals surface area contributed by atoms with Crippen LogP contribution in [0.1, 0.15) is 26.3 Å². The Bertz CT molecular complexity index is 645. The molecule has 130 valence electrons. The van der Waals surface area contributed by atoms with Gasteiger partial charge in [-0.1, -0.05) is 11.8 Å². The van der Waals surface area contributed by atoms with E-state index in [1.54, 1.807) is 25.7 Å². The summed E-state index contributed by atoms with van der Waals surface area (Å²) in [5, 5.41) is 0. The molecular formula is C17H18F3NO3. The van der Waals surface area contributed by atoms with Crippen LogP contribution in [0.15, 0.2) is 24.3 Å². The summed E-state index contributed by atoms with van der Waals surface area (Å²) in [5.74, 6) is 5.61. The van der Waals surface area contributed by atoms with Crippen LogP contribution in [0.25, 0.3) is 0 Å². The van der Waals surface area contributed by atoms with Crippen molar-refractivity contribution >= 4 is 6.09 Å². The van der Waals surface area contributed by atoms with E-state index in [-0.39, 0.29) is 17.8 Å². The van der Waals surface area contributed by atoms with Gasteiger partial charge in [0.15, 0.2) is 0 Å². The van der Waals surface area contributed by atoms with Gasteiger partial charge in [0.1, 0.15) is 11.4 Å². The van der Waals surface area contributed by atoms with Gasteiger partial charge in [0.05, 0.1) is 5.92 Å². The lowest BCUT2D eigenvalue weighted by Crippen LogP contribution is -2.51. The largest absolute Gasteiger partial charge is 0.573 e. The molecule has 4 nitrogen and oxygen atoms in total. The van der Waals surface area contributed by atoms with Gasteiger partial charge in [-0.3, -0.25) is 0 Å². The first-order valence-electron chi connectivity index (χ1n) is 7.37. The summed E-state index contributed by atoms with van der Waals surface area (Å²) < 4.78 is 45.2. The predicted octanol–water partition coefficient (Wildman–Crippen LogP) is 3.80. The molecule has 0 atom stereocenters. The number of benzene rings is 1. The van der Waals surface area contributed by atoms with Crippen LogP contribution in [0.5, 0.6) is 5.75 Å². The molecule has 0 bridgehead atoms. The van der Waals surface area contributed by atoms with Gasteiger partial charge in [0.2, 0.25) is 0 Å². The first-order valence-corrected chi connectivity index (χ1v) is 7.37. The van der Waals surface area contributed by atoms with E-state index in [1.165, 1.54) is 24.3 Å². The summed E-state index contributed by atoms with van der Waals surface area (Å²) in [6, 6.07) is 5.34. The van der Waals surface area contributed by atoms with E-state index in [0.717, 1.165) is 0 Å². The molecular weight excluding hydrogens is 323 g/mol. The number of ether oxygens (including phenoxy) is 2. The van der Waals surface area contributed by atoms with Crippen LogP contribution >= 0.6 is 0 Å². The van der Waals surface area contributed by atoms with E-state index in [9.17, 15) is 18.0 Å². The third-order valence-corrected chi connectivity index (χ3v) is 3.04. The molecule has 1 aliphatic heterocycles. The zero-order valence-electron chi connectivity index (χ0n) is 13.6. The summed E-state index contributed by atoms with van der Waals surface area (Å²) in [5.41, 5.74) is 0.0499. The highest BCUT2D eigenvalue weighted by atomic mass is 19.4. The van der Waals surface area contributed by atoms with Crippen LogP contribution in [-0.4, -0.2) is 36.0 Å². The molecule has 1 heterocycles. The number of alkyl halides is 3. The number of amides is 1. The van der Waals surface area contributed by atoms with E-state index in [4.69, 9.17) is 4.74 Å². The van der Waals surface area contributed by atoms with Crippen molar-refractivity contribution in [2.75, 3.05) is 13.1 Å². The van der Waals surface area contributed by atoms with Gasteiger partial charge in [-0.25, -0.2) is 4.79 Å². The van der Waals surface area contributed by atoms with E-state index >= 15 is 0 Å². The second kappa shape index (κ2) is 6.63. The molecule has 24 heavy (non-hydrogen) atoms. The maximum atomic E-state index is 12.1. The maximum absolute atomic E-state index is 12.1. The fourth-order valence-corrected chi connectivity index (χ4v) is 1.97. The minimum absolute atomic E-state index is 0.0311. The van der Waals surface area contributed by atoms with Gasteiger partial charge >= 0.3 is 12.5 Å². The lowest BCUT2D eigenvalue weighted by Gasteiger charge is -2.37. The van der Waals surface area contributed by atoms with Crippen LogP contribution < -0.4 is 4.74 Å². The molecule has 0 saturated carbocycles. The van der Waals surface area contributed by atoms with Gasteiger partial charge in [-0.05, 0) is 45.0 Å². The van der Waals surface area contributed by atoms with Crippen molar-refractivity contribution < 1.29 is 27.4 Å². The Balaban J connectivity index is 1.84. The number of rotatable bonds is 1. The Morgan fingerprint density at radius 1 is 1.17 bits per heavy atom. The molecule has 0 aliphatic carbocycles. The third-order valence-electron chi connectivity index (χ3n) is 3.04. The summed E-state index contributed by atoms with van der Waals surface area (Å²) in [4.78, 5) is 13.3. The van der Waals surface area contributed by atoms with Crippen LogP contribution in [-0.2, 0) is 4.74 Å². The van der Waals surface area contributed by atoms with Gasteiger partial charge in [0, 0.05) is 18.7 Å². The van der Waals surface area contributed by atoms with Crippen molar-refractivity contribution in [3.05, 3.63) is 29.8 Å². The summed E-state index contributed by atoms with van der Waals surface area (Å²) in [7, 11) is 0. The van der Waals surface area contributed by atoms with E-state index < -0.39 is 12.0 Å². The monoisotopic (exact) mass is 341 g/mol. The highest BCUT2D eigenvalue weighted by Crippen LogP contribution is 2.23. The maximum Gasteiger partial charge on any atom is 0.573 e. The predicted molar refractivity (Wildman–Crippen MR) is 81.3 cm³/mol. The summed E-state index contributed by atoms with van der Waals surface area (Å²) in [6.45, 7) is 6.37. The van der Waals surface area contributed by atoms with E-state index in [2.05, 4.69) is 16.6 Å². The van der Waals surface area contributed by atoms with Crippen molar-refractivity contribution in [2.24, 2.45) is 5.92 Å². The number of halogens is 3. The zero-order chi connectivity index (χ0) is 18.0. The highest BCUT2D eigenvalue weighted by Gasteiger charge is 2.33. The SMILES string of the molecule is CC(C)(C)OC(=O)N1CC(C#Cc2ccc(OC(F)(F)F)cc2)C1. The van der Waals surface area contributed by atoms with Crippen molar-refractivity contribution in [3.63, 3.8) is 0 Å². The van der Waals surface area contributed by atoms with Gasteiger partial charge < -0.3 is 14.4 Å². The zero-order valence-corrected chi connectivity index (χ0v) is 13.6. The fourth-order valence-electron chi connectivity index (χ4n) is 1.97. The molecule has 1 amide bonds. The molecule has 0 radical (unpaired) electrons. The molecule has 1 fully saturated rings. The lowest BCUT2D eigenvalue weighted by molar-refractivity contribution is -0.274. The van der Waals surface area contributed by atoms with E-state index in [1.807, 2.05) is 0 Å². The standard InChI is InChI=1S/C17H18F3NO3/c1-16(2,3)24-15(22)21-10-13(11-21)5-4-12-6-8-14(9-7-12)23-17(18,19)20/h6-9,13H,10-11H2,1-3H3. The van der Waals surface area contributed by atoms with Crippen molar-refractivity contribution in [2.45, 2.75) is 32.7 Å². The molecule has 0 unspecified atom stereocenters. The first-order chi connectivity index (χ1) is 11.0.